The maximum absolute atomic E-state index is 11.9. The fourth-order valence-corrected chi connectivity index (χ4v) is 1.80. The maximum Gasteiger partial charge on any atom is 0.253 e. The van der Waals surface area contributed by atoms with E-state index in [9.17, 15) is 4.79 Å². The molecule has 2 aromatic heterocycles. The molecule has 2 rings (SSSR count). The number of nitrogens with zero attached hydrogens (tertiary/aromatic N) is 2. The predicted octanol–water partition coefficient (Wildman–Crippen LogP) is 2.03. The van der Waals surface area contributed by atoms with Crippen LogP contribution in [0.2, 0.25) is 0 Å². The summed E-state index contributed by atoms with van der Waals surface area (Å²) < 4.78 is 1.67. The molecule has 0 aliphatic rings. The van der Waals surface area contributed by atoms with Crippen molar-refractivity contribution in [1.29, 1.82) is 0 Å². The molecule has 2 aromatic rings. The van der Waals surface area contributed by atoms with E-state index >= 15 is 0 Å². The number of pyridine rings is 2. The molecule has 0 bridgehead atoms. The lowest BCUT2D eigenvalue weighted by atomic mass is 10.3. The van der Waals surface area contributed by atoms with Gasteiger partial charge in [-0.1, -0.05) is 12.1 Å². The summed E-state index contributed by atoms with van der Waals surface area (Å²) in [6, 6.07) is 9.50. The minimum absolute atomic E-state index is 0.0353. The van der Waals surface area contributed by atoms with Crippen molar-refractivity contribution in [1.82, 2.24) is 9.55 Å². The second-order valence-corrected chi connectivity index (χ2v) is 4.17. The molecule has 4 heteroatoms. The van der Waals surface area contributed by atoms with Crippen molar-refractivity contribution in [3.63, 3.8) is 0 Å². The Morgan fingerprint density at radius 2 is 2.11 bits per heavy atom. The number of anilines is 1. The lowest BCUT2D eigenvalue weighted by Crippen LogP contribution is -2.22. The predicted molar refractivity (Wildman–Crippen MR) is 72.9 cm³/mol. The van der Waals surface area contributed by atoms with E-state index in [4.69, 9.17) is 0 Å². The summed E-state index contributed by atoms with van der Waals surface area (Å²) in [6.07, 6.45) is 1.79. The van der Waals surface area contributed by atoms with E-state index in [2.05, 4.69) is 10.3 Å². The van der Waals surface area contributed by atoms with Gasteiger partial charge >= 0.3 is 0 Å². The van der Waals surface area contributed by atoms with Crippen molar-refractivity contribution in [2.45, 2.75) is 20.4 Å². The Morgan fingerprint density at radius 1 is 1.28 bits per heavy atom. The van der Waals surface area contributed by atoms with Gasteiger partial charge in [-0.15, -0.1) is 0 Å². The highest BCUT2D eigenvalue weighted by atomic mass is 16.1. The lowest BCUT2D eigenvalue weighted by molar-refractivity contribution is 0.734. The van der Waals surface area contributed by atoms with E-state index in [1.54, 1.807) is 10.8 Å². The molecule has 0 aromatic carbocycles. The van der Waals surface area contributed by atoms with Crippen molar-refractivity contribution in [3.8, 4) is 0 Å². The largest absolute Gasteiger partial charge is 0.370 e. The summed E-state index contributed by atoms with van der Waals surface area (Å²) in [6.45, 7) is 5.18. The van der Waals surface area contributed by atoms with Gasteiger partial charge < -0.3 is 9.88 Å². The van der Waals surface area contributed by atoms with Gasteiger partial charge in [-0.25, -0.2) is 4.98 Å². The van der Waals surface area contributed by atoms with Crippen LogP contribution in [0.4, 0.5) is 5.82 Å². The summed E-state index contributed by atoms with van der Waals surface area (Å²) >= 11 is 0. The van der Waals surface area contributed by atoms with E-state index < -0.39 is 0 Å². The zero-order chi connectivity index (χ0) is 13.0. The molecular weight excluding hydrogens is 226 g/mol. The van der Waals surface area contributed by atoms with Gasteiger partial charge in [0.05, 0.1) is 12.2 Å². The number of hydrogen-bond donors (Lipinski definition) is 1. The van der Waals surface area contributed by atoms with Crippen LogP contribution in [-0.2, 0) is 6.54 Å². The second-order valence-electron chi connectivity index (χ2n) is 4.17. The summed E-state index contributed by atoms with van der Waals surface area (Å²) in [5.74, 6) is 0.843. The molecule has 0 amide bonds. The van der Waals surface area contributed by atoms with Crippen LogP contribution in [0.3, 0.4) is 0 Å². The second kappa shape index (κ2) is 5.49. The molecule has 0 unspecified atom stereocenters. The Kier molecular flexibility index (Phi) is 3.77. The minimum Gasteiger partial charge on any atom is -0.370 e. The summed E-state index contributed by atoms with van der Waals surface area (Å²) in [7, 11) is 0. The number of aromatic nitrogens is 2. The molecule has 1 N–H and O–H groups in total. The topological polar surface area (TPSA) is 46.9 Å². The first-order valence-corrected chi connectivity index (χ1v) is 6.06. The van der Waals surface area contributed by atoms with Crippen LogP contribution < -0.4 is 10.9 Å². The van der Waals surface area contributed by atoms with Crippen molar-refractivity contribution in [3.05, 3.63) is 58.1 Å². The fourth-order valence-electron chi connectivity index (χ4n) is 1.80. The van der Waals surface area contributed by atoms with Gasteiger partial charge in [0.1, 0.15) is 5.82 Å². The molecule has 0 saturated carbocycles. The number of rotatable bonds is 4. The maximum atomic E-state index is 11.9. The van der Waals surface area contributed by atoms with Gasteiger partial charge in [0.15, 0.2) is 0 Å². The van der Waals surface area contributed by atoms with Crippen LogP contribution in [0.25, 0.3) is 0 Å². The first-order valence-electron chi connectivity index (χ1n) is 6.06. The third-order valence-corrected chi connectivity index (χ3v) is 2.71. The number of aryl methyl sites for hydroxylation is 1. The molecule has 0 saturated heterocycles. The van der Waals surface area contributed by atoms with Crippen molar-refractivity contribution in [2.75, 3.05) is 11.9 Å². The number of nitrogens with one attached hydrogen (secondary N) is 1. The van der Waals surface area contributed by atoms with Crippen molar-refractivity contribution < 1.29 is 0 Å². The van der Waals surface area contributed by atoms with Gasteiger partial charge in [-0.2, -0.15) is 0 Å². The average molecular weight is 243 g/mol. The standard InChI is InChI=1S/C14H17N3O/c1-3-15-13-8-4-7-12(16-13)10-17-9-5-6-11(2)14(17)18/h4-9H,3,10H2,1-2H3,(H,15,16). The molecule has 2 heterocycles. The van der Waals surface area contributed by atoms with Crippen molar-refractivity contribution >= 4 is 5.82 Å². The normalized spacial score (nSPS) is 10.3. The molecule has 0 aliphatic carbocycles. The highest BCUT2D eigenvalue weighted by Crippen LogP contribution is 2.05. The molecular formula is C14H17N3O. The van der Waals surface area contributed by atoms with E-state index in [0.29, 0.717) is 6.54 Å². The van der Waals surface area contributed by atoms with Crippen LogP contribution in [0.1, 0.15) is 18.2 Å². The van der Waals surface area contributed by atoms with E-state index in [1.807, 2.05) is 44.2 Å². The van der Waals surface area contributed by atoms with E-state index in [1.165, 1.54) is 0 Å². The Labute approximate surface area is 106 Å². The molecule has 0 atom stereocenters. The highest BCUT2D eigenvalue weighted by Gasteiger charge is 2.02. The van der Waals surface area contributed by atoms with Gasteiger partial charge in [0.25, 0.3) is 5.56 Å². The van der Waals surface area contributed by atoms with Crippen LogP contribution in [-0.4, -0.2) is 16.1 Å². The monoisotopic (exact) mass is 243 g/mol. The van der Waals surface area contributed by atoms with E-state index in [-0.39, 0.29) is 5.56 Å². The first kappa shape index (κ1) is 12.4. The van der Waals surface area contributed by atoms with Gasteiger partial charge in [-0.05, 0) is 32.0 Å². The first-order chi connectivity index (χ1) is 8.70. The Balaban J connectivity index is 2.26. The number of hydrogen-bond acceptors (Lipinski definition) is 3. The van der Waals surface area contributed by atoms with Crippen LogP contribution in [0.5, 0.6) is 0 Å². The molecule has 18 heavy (non-hydrogen) atoms. The zero-order valence-electron chi connectivity index (χ0n) is 10.7. The Bertz CT molecular complexity index is 590. The molecule has 0 fully saturated rings. The Hall–Kier alpha value is -2.10. The lowest BCUT2D eigenvalue weighted by Gasteiger charge is -2.08. The third-order valence-electron chi connectivity index (χ3n) is 2.71. The van der Waals surface area contributed by atoms with Crippen molar-refractivity contribution in [2.24, 2.45) is 0 Å². The SMILES string of the molecule is CCNc1cccc(Cn2cccc(C)c2=O)n1. The zero-order valence-corrected chi connectivity index (χ0v) is 10.7. The minimum atomic E-state index is 0.0353. The fraction of sp³-hybridized carbons (Fsp3) is 0.286. The summed E-state index contributed by atoms with van der Waals surface area (Å²) in [4.78, 5) is 16.4. The van der Waals surface area contributed by atoms with Gasteiger partial charge in [0, 0.05) is 18.3 Å². The third kappa shape index (κ3) is 2.77. The molecule has 0 spiro atoms. The molecule has 4 nitrogen and oxygen atoms in total. The smallest absolute Gasteiger partial charge is 0.253 e. The highest BCUT2D eigenvalue weighted by molar-refractivity contribution is 5.35. The van der Waals surface area contributed by atoms with Crippen LogP contribution >= 0.6 is 0 Å². The molecule has 0 aliphatic heterocycles. The Morgan fingerprint density at radius 3 is 2.89 bits per heavy atom. The van der Waals surface area contributed by atoms with Gasteiger partial charge in [0.2, 0.25) is 0 Å². The van der Waals surface area contributed by atoms with Crippen LogP contribution in [0, 0.1) is 6.92 Å². The summed E-state index contributed by atoms with van der Waals surface area (Å²) in [5, 5.41) is 3.16. The summed E-state index contributed by atoms with van der Waals surface area (Å²) in [5.41, 5.74) is 1.66. The van der Waals surface area contributed by atoms with Crippen LogP contribution in [0.15, 0.2) is 41.3 Å². The molecule has 94 valence electrons. The van der Waals surface area contributed by atoms with E-state index in [0.717, 1.165) is 23.6 Å². The average Bonchev–Trinajstić information content (AvgIpc) is 2.36. The molecule has 0 radical (unpaired) electrons. The quantitative estimate of drug-likeness (QED) is 0.893. The van der Waals surface area contributed by atoms with Gasteiger partial charge in [-0.3, -0.25) is 4.79 Å².